The van der Waals surface area contributed by atoms with E-state index in [0.717, 1.165) is 0 Å². The van der Waals surface area contributed by atoms with Crippen molar-refractivity contribution in [1.29, 1.82) is 0 Å². The van der Waals surface area contributed by atoms with Crippen molar-refractivity contribution in [3.63, 3.8) is 0 Å². The molecule has 28 heavy (non-hydrogen) atoms. The Hall–Kier alpha value is -3.06. The third-order valence-corrected chi connectivity index (χ3v) is 4.49. The van der Waals surface area contributed by atoms with Crippen molar-refractivity contribution >= 4 is 23.6 Å². The second-order valence-corrected chi connectivity index (χ2v) is 6.51. The van der Waals surface area contributed by atoms with Crippen LogP contribution in [0.5, 0.6) is 0 Å². The first-order chi connectivity index (χ1) is 13.5. The van der Waals surface area contributed by atoms with Gasteiger partial charge in [-0.15, -0.1) is 0 Å². The molecular formula is C21H21F2N3O2. The van der Waals surface area contributed by atoms with Crippen molar-refractivity contribution in [1.82, 2.24) is 9.80 Å². The molecule has 1 N–H and O–H groups in total. The van der Waals surface area contributed by atoms with Gasteiger partial charge >= 0.3 is 0 Å². The predicted molar refractivity (Wildman–Crippen MR) is 103 cm³/mol. The molecule has 1 fully saturated rings. The van der Waals surface area contributed by atoms with Crippen molar-refractivity contribution in [2.45, 2.75) is 0 Å². The van der Waals surface area contributed by atoms with E-state index in [9.17, 15) is 18.4 Å². The Morgan fingerprint density at radius 3 is 2.32 bits per heavy atom. The molecule has 2 aromatic rings. The highest BCUT2D eigenvalue weighted by Crippen LogP contribution is 2.11. The molecule has 1 heterocycles. The largest absolute Gasteiger partial charge is 0.337 e. The van der Waals surface area contributed by atoms with E-state index in [1.165, 1.54) is 42.5 Å². The lowest BCUT2D eigenvalue weighted by Gasteiger charge is -2.33. The molecule has 146 valence electrons. The molecule has 0 unspecified atom stereocenters. The Kier molecular flexibility index (Phi) is 6.49. The fourth-order valence-electron chi connectivity index (χ4n) is 2.94. The number of carbonyl (C=O) groups excluding carboxylic acids is 2. The van der Waals surface area contributed by atoms with Crippen LogP contribution in [-0.2, 0) is 9.59 Å². The third kappa shape index (κ3) is 5.47. The maximum Gasteiger partial charge on any atom is 0.246 e. The first-order valence-electron chi connectivity index (χ1n) is 9.00. The van der Waals surface area contributed by atoms with Crippen molar-refractivity contribution in [2.75, 3.05) is 38.0 Å². The zero-order chi connectivity index (χ0) is 19.9. The van der Waals surface area contributed by atoms with Gasteiger partial charge in [0.25, 0.3) is 0 Å². The number of nitrogens with one attached hydrogen (secondary N) is 1. The van der Waals surface area contributed by atoms with Crippen LogP contribution in [0.25, 0.3) is 6.08 Å². The zero-order valence-corrected chi connectivity index (χ0v) is 15.3. The van der Waals surface area contributed by atoms with Gasteiger partial charge in [-0.2, -0.15) is 0 Å². The predicted octanol–water partition coefficient (Wildman–Crippen LogP) is 2.76. The molecule has 7 heteroatoms. The third-order valence-electron chi connectivity index (χ3n) is 4.49. The lowest BCUT2D eigenvalue weighted by molar-refractivity contribution is -0.127. The zero-order valence-electron chi connectivity index (χ0n) is 15.3. The number of benzene rings is 2. The number of hydrogen-bond donors (Lipinski definition) is 1. The van der Waals surface area contributed by atoms with Crippen LogP contribution in [0, 0.1) is 11.6 Å². The highest BCUT2D eigenvalue weighted by Gasteiger charge is 2.21. The molecule has 2 aromatic carbocycles. The van der Waals surface area contributed by atoms with Crippen LogP contribution in [0.1, 0.15) is 5.56 Å². The maximum absolute atomic E-state index is 13.6. The van der Waals surface area contributed by atoms with Gasteiger partial charge in [-0.25, -0.2) is 8.78 Å². The molecule has 1 aliphatic rings. The minimum absolute atomic E-state index is 0.182. The van der Waals surface area contributed by atoms with Gasteiger partial charge < -0.3 is 10.2 Å². The van der Waals surface area contributed by atoms with Gasteiger partial charge in [0.2, 0.25) is 11.8 Å². The van der Waals surface area contributed by atoms with Crippen molar-refractivity contribution in [2.24, 2.45) is 0 Å². The van der Waals surface area contributed by atoms with Gasteiger partial charge in [0.15, 0.2) is 0 Å². The van der Waals surface area contributed by atoms with Gasteiger partial charge in [0.05, 0.1) is 6.54 Å². The summed E-state index contributed by atoms with van der Waals surface area (Å²) in [7, 11) is 0. The summed E-state index contributed by atoms with van der Waals surface area (Å²) in [5, 5.41) is 2.72. The van der Waals surface area contributed by atoms with E-state index in [4.69, 9.17) is 0 Å². The monoisotopic (exact) mass is 385 g/mol. The number of carbonyl (C=O) groups is 2. The normalized spacial score (nSPS) is 15.0. The Morgan fingerprint density at radius 2 is 1.64 bits per heavy atom. The molecular weight excluding hydrogens is 364 g/mol. The van der Waals surface area contributed by atoms with Crippen LogP contribution >= 0.6 is 0 Å². The first kappa shape index (κ1) is 19.7. The summed E-state index contributed by atoms with van der Waals surface area (Å²) in [6.45, 7) is 2.31. The molecule has 0 aromatic heterocycles. The standard InChI is InChI=1S/C21H21F2N3O2/c22-17-6-8-18(9-7-17)24-20(27)15-25-11-13-26(14-12-25)21(28)10-5-16-3-1-2-4-19(16)23/h1-10H,11-15H2,(H,24,27). The Bertz CT molecular complexity index is 860. The number of nitrogens with zero attached hydrogens (tertiary/aromatic N) is 2. The lowest BCUT2D eigenvalue weighted by Crippen LogP contribution is -2.50. The number of amides is 2. The second kappa shape index (κ2) is 9.23. The summed E-state index contributed by atoms with van der Waals surface area (Å²) in [6, 6.07) is 11.8. The number of anilines is 1. The fourth-order valence-corrected chi connectivity index (χ4v) is 2.94. The topological polar surface area (TPSA) is 52.7 Å². The highest BCUT2D eigenvalue weighted by molar-refractivity contribution is 5.93. The van der Waals surface area contributed by atoms with Gasteiger partial charge in [0.1, 0.15) is 11.6 Å². The summed E-state index contributed by atoms with van der Waals surface area (Å²) in [6.07, 6.45) is 2.84. The highest BCUT2D eigenvalue weighted by atomic mass is 19.1. The molecule has 1 saturated heterocycles. The summed E-state index contributed by atoms with van der Waals surface area (Å²) in [5.41, 5.74) is 0.908. The molecule has 5 nitrogen and oxygen atoms in total. The SMILES string of the molecule is O=C(CN1CCN(C(=O)C=Cc2ccccc2F)CC1)Nc1ccc(F)cc1. The number of piperazine rings is 1. The number of hydrogen-bond acceptors (Lipinski definition) is 3. The molecule has 0 saturated carbocycles. The summed E-state index contributed by atoms with van der Waals surface area (Å²) >= 11 is 0. The Morgan fingerprint density at radius 1 is 0.964 bits per heavy atom. The van der Waals surface area contributed by atoms with Crippen molar-refractivity contribution in [3.8, 4) is 0 Å². The molecule has 0 bridgehead atoms. The molecule has 0 atom stereocenters. The molecule has 0 aliphatic carbocycles. The van der Waals surface area contributed by atoms with E-state index in [2.05, 4.69) is 5.32 Å². The summed E-state index contributed by atoms with van der Waals surface area (Å²) in [4.78, 5) is 28.0. The quantitative estimate of drug-likeness (QED) is 0.806. The van der Waals surface area contributed by atoms with Gasteiger partial charge in [-0.05, 0) is 36.4 Å². The van der Waals surface area contributed by atoms with Crippen molar-refractivity contribution < 1.29 is 18.4 Å². The minimum atomic E-state index is -0.372. The number of rotatable bonds is 5. The second-order valence-electron chi connectivity index (χ2n) is 6.51. The summed E-state index contributed by atoms with van der Waals surface area (Å²) < 4.78 is 26.5. The number of halogens is 2. The molecule has 2 amide bonds. The first-order valence-corrected chi connectivity index (χ1v) is 9.00. The van der Waals surface area contributed by atoms with Crippen LogP contribution < -0.4 is 5.32 Å². The van der Waals surface area contributed by atoms with Crippen LogP contribution in [0.15, 0.2) is 54.6 Å². The molecule has 0 radical (unpaired) electrons. The smallest absolute Gasteiger partial charge is 0.246 e. The fraction of sp³-hybridized carbons (Fsp3) is 0.238. The molecule has 3 rings (SSSR count). The van der Waals surface area contributed by atoms with Crippen molar-refractivity contribution in [3.05, 3.63) is 71.8 Å². The van der Waals surface area contributed by atoms with Crippen LogP contribution in [-0.4, -0.2) is 54.3 Å². The maximum atomic E-state index is 13.6. The van der Waals surface area contributed by atoms with E-state index in [-0.39, 0.29) is 30.0 Å². The van der Waals surface area contributed by atoms with Crippen LogP contribution in [0.4, 0.5) is 14.5 Å². The average molecular weight is 385 g/mol. The molecule has 1 aliphatic heterocycles. The minimum Gasteiger partial charge on any atom is -0.337 e. The van der Waals surface area contributed by atoms with E-state index < -0.39 is 0 Å². The van der Waals surface area contributed by atoms with E-state index in [0.29, 0.717) is 37.4 Å². The van der Waals surface area contributed by atoms with E-state index >= 15 is 0 Å². The van der Waals surface area contributed by atoms with Gasteiger partial charge in [-0.3, -0.25) is 14.5 Å². The average Bonchev–Trinajstić information content (AvgIpc) is 2.69. The van der Waals surface area contributed by atoms with E-state index in [1.54, 1.807) is 23.1 Å². The van der Waals surface area contributed by atoms with E-state index in [1.807, 2.05) is 4.90 Å². The van der Waals surface area contributed by atoms with Crippen LogP contribution in [0.3, 0.4) is 0 Å². The van der Waals surface area contributed by atoms with Crippen LogP contribution in [0.2, 0.25) is 0 Å². The Labute approximate surface area is 162 Å². The van der Waals surface area contributed by atoms with Gasteiger partial charge in [-0.1, -0.05) is 18.2 Å². The lowest BCUT2D eigenvalue weighted by atomic mass is 10.2. The summed E-state index contributed by atoms with van der Waals surface area (Å²) in [5.74, 6) is -1.10. The van der Waals surface area contributed by atoms with Gasteiger partial charge in [0, 0.05) is 43.5 Å². The Balaban J connectivity index is 1.45. The molecule has 0 spiro atoms.